The Labute approximate surface area is 166 Å². The third kappa shape index (κ3) is 5.25. The molecule has 0 heterocycles. The van der Waals surface area contributed by atoms with Crippen LogP contribution in [0.2, 0.25) is 0 Å². The standard InChI is InChI=1S/C17H17N3O6S2/c1-25-15(21)10-3-8-13(16(22)26-2)14(9-10)20-17(27)19-11-4-6-12(7-5-11)28(18,23)24/h3-9H,1-2H3,(H2,18,23,24)(H2,19,20,27). The lowest BCUT2D eigenvalue weighted by Crippen LogP contribution is -2.21. The Morgan fingerprint density at radius 2 is 1.57 bits per heavy atom. The lowest BCUT2D eigenvalue weighted by molar-refractivity contribution is 0.0587. The molecule has 0 saturated carbocycles. The van der Waals surface area contributed by atoms with Crippen molar-refractivity contribution >= 4 is 50.7 Å². The monoisotopic (exact) mass is 423 g/mol. The molecule has 0 saturated heterocycles. The minimum Gasteiger partial charge on any atom is -0.465 e. The van der Waals surface area contributed by atoms with E-state index in [1.54, 1.807) is 0 Å². The molecule has 9 nitrogen and oxygen atoms in total. The van der Waals surface area contributed by atoms with Gasteiger partial charge in [-0.1, -0.05) is 0 Å². The molecule has 0 aliphatic rings. The average molecular weight is 423 g/mol. The zero-order valence-corrected chi connectivity index (χ0v) is 16.5. The van der Waals surface area contributed by atoms with Crippen molar-refractivity contribution in [2.75, 3.05) is 24.9 Å². The van der Waals surface area contributed by atoms with Crippen LogP contribution >= 0.6 is 12.2 Å². The molecule has 0 aliphatic heterocycles. The SMILES string of the molecule is COC(=O)c1ccc(C(=O)OC)c(NC(=S)Nc2ccc(S(N)(=O)=O)cc2)c1. The number of ether oxygens (including phenoxy) is 2. The molecule has 0 bridgehead atoms. The molecule has 0 fully saturated rings. The van der Waals surface area contributed by atoms with Crippen LogP contribution in [0.25, 0.3) is 0 Å². The highest BCUT2D eigenvalue weighted by Gasteiger charge is 2.16. The zero-order chi connectivity index (χ0) is 20.9. The first kappa shape index (κ1) is 21.3. The van der Waals surface area contributed by atoms with Gasteiger partial charge in [-0.2, -0.15) is 0 Å². The molecule has 2 aromatic rings. The molecule has 0 aromatic heterocycles. The average Bonchev–Trinajstić information content (AvgIpc) is 2.66. The Hall–Kier alpha value is -3.02. The summed E-state index contributed by atoms with van der Waals surface area (Å²) >= 11 is 5.21. The number of sulfonamides is 1. The smallest absolute Gasteiger partial charge is 0.339 e. The van der Waals surface area contributed by atoms with Gasteiger partial charge in [0.25, 0.3) is 0 Å². The molecular formula is C17H17N3O6S2. The van der Waals surface area contributed by atoms with Crippen LogP contribution in [0.3, 0.4) is 0 Å². The lowest BCUT2D eigenvalue weighted by Gasteiger charge is -2.14. The van der Waals surface area contributed by atoms with E-state index in [0.717, 1.165) is 0 Å². The van der Waals surface area contributed by atoms with E-state index in [-0.39, 0.29) is 26.8 Å². The highest BCUT2D eigenvalue weighted by Crippen LogP contribution is 2.20. The van der Waals surface area contributed by atoms with Crippen molar-refractivity contribution in [3.63, 3.8) is 0 Å². The Kier molecular flexibility index (Phi) is 6.67. The van der Waals surface area contributed by atoms with E-state index in [1.165, 1.54) is 56.7 Å². The number of hydrogen-bond donors (Lipinski definition) is 3. The highest BCUT2D eigenvalue weighted by molar-refractivity contribution is 7.89. The zero-order valence-electron chi connectivity index (χ0n) is 14.9. The van der Waals surface area contributed by atoms with Gasteiger partial charge in [0, 0.05) is 5.69 Å². The first-order valence-electron chi connectivity index (χ1n) is 7.67. The minimum absolute atomic E-state index is 0.0457. The number of primary sulfonamides is 1. The number of benzene rings is 2. The third-order valence-corrected chi connectivity index (χ3v) is 4.67. The fourth-order valence-corrected chi connectivity index (χ4v) is 2.94. The number of methoxy groups -OCH3 is 2. The molecule has 0 unspecified atom stereocenters. The van der Waals surface area contributed by atoms with Gasteiger partial charge in [-0.05, 0) is 54.7 Å². The van der Waals surface area contributed by atoms with Gasteiger partial charge >= 0.3 is 11.9 Å². The van der Waals surface area contributed by atoms with E-state index < -0.39 is 22.0 Å². The van der Waals surface area contributed by atoms with Crippen molar-refractivity contribution in [2.45, 2.75) is 4.90 Å². The van der Waals surface area contributed by atoms with E-state index in [1.807, 2.05) is 0 Å². The van der Waals surface area contributed by atoms with E-state index >= 15 is 0 Å². The van der Waals surface area contributed by atoms with E-state index in [2.05, 4.69) is 15.4 Å². The first-order chi connectivity index (χ1) is 13.2. The molecule has 0 aliphatic carbocycles. The summed E-state index contributed by atoms with van der Waals surface area (Å²) in [5.41, 5.74) is 1.07. The number of nitrogens with two attached hydrogens (primary N) is 1. The fourth-order valence-electron chi connectivity index (χ4n) is 2.19. The molecular weight excluding hydrogens is 406 g/mol. The summed E-state index contributed by atoms with van der Waals surface area (Å²) in [6, 6.07) is 9.81. The molecule has 148 valence electrons. The topological polar surface area (TPSA) is 137 Å². The Balaban J connectivity index is 2.24. The second kappa shape index (κ2) is 8.78. The third-order valence-electron chi connectivity index (χ3n) is 3.53. The summed E-state index contributed by atoms with van der Waals surface area (Å²) in [5, 5.41) is 10.8. The number of nitrogens with one attached hydrogen (secondary N) is 2. The fraction of sp³-hybridized carbons (Fsp3) is 0.118. The summed E-state index contributed by atoms with van der Waals surface area (Å²) in [4.78, 5) is 23.6. The van der Waals surface area contributed by atoms with E-state index in [9.17, 15) is 18.0 Å². The number of carbonyl (C=O) groups excluding carboxylic acids is 2. The Bertz CT molecular complexity index is 1020. The number of thiocarbonyl (C=S) groups is 1. The summed E-state index contributed by atoms with van der Waals surface area (Å²) in [6.07, 6.45) is 0. The Morgan fingerprint density at radius 1 is 0.964 bits per heavy atom. The molecule has 0 amide bonds. The van der Waals surface area contributed by atoms with Crippen molar-refractivity contribution in [2.24, 2.45) is 5.14 Å². The largest absolute Gasteiger partial charge is 0.465 e. The molecule has 2 rings (SSSR count). The summed E-state index contributed by atoms with van der Waals surface area (Å²) < 4.78 is 32.0. The van der Waals surface area contributed by atoms with Gasteiger partial charge in [0.05, 0.1) is 35.9 Å². The number of carbonyl (C=O) groups is 2. The van der Waals surface area contributed by atoms with Crippen LogP contribution in [0, 0.1) is 0 Å². The lowest BCUT2D eigenvalue weighted by atomic mass is 10.1. The van der Waals surface area contributed by atoms with Crippen LogP contribution in [0.1, 0.15) is 20.7 Å². The van der Waals surface area contributed by atoms with Crippen LogP contribution in [-0.4, -0.2) is 39.7 Å². The second-order valence-electron chi connectivity index (χ2n) is 5.39. The molecule has 28 heavy (non-hydrogen) atoms. The Morgan fingerprint density at radius 3 is 2.11 bits per heavy atom. The molecule has 0 radical (unpaired) electrons. The minimum atomic E-state index is -3.80. The van der Waals surface area contributed by atoms with Gasteiger partial charge in [-0.3, -0.25) is 0 Å². The highest BCUT2D eigenvalue weighted by atomic mass is 32.2. The number of hydrogen-bond acceptors (Lipinski definition) is 7. The van der Waals surface area contributed by atoms with Gasteiger partial charge in [0.2, 0.25) is 10.0 Å². The quantitative estimate of drug-likeness (QED) is 0.485. The number of rotatable bonds is 5. The summed E-state index contributed by atoms with van der Waals surface area (Å²) in [6.45, 7) is 0. The molecule has 11 heteroatoms. The number of esters is 2. The van der Waals surface area contributed by atoms with Gasteiger partial charge in [-0.25, -0.2) is 23.1 Å². The summed E-state index contributed by atoms with van der Waals surface area (Å²) in [5.74, 6) is -1.21. The normalized spacial score (nSPS) is 10.7. The van der Waals surface area contributed by atoms with Gasteiger partial charge in [0.15, 0.2) is 5.11 Å². The van der Waals surface area contributed by atoms with Crippen molar-refractivity contribution in [1.29, 1.82) is 0 Å². The van der Waals surface area contributed by atoms with Crippen LogP contribution in [0.15, 0.2) is 47.4 Å². The maximum Gasteiger partial charge on any atom is 0.339 e. The maximum atomic E-state index is 11.9. The van der Waals surface area contributed by atoms with Crippen molar-refractivity contribution in [3.8, 4) is 0 Å². The van der Waals surface area contributed by atoms with Gasteiger partial charge in [-0.15, -0.1) is 0 Å². The van der Waals surface area contributed by atoms with Crippen molar-refractivity contribution in [3.05, 3.63) is 53.6 Å². The van der Waals surface area contributed by atoms with Gasteiger partial charge < -0.3 is 20.1 Å². The predicted molar refractivity (Wildman–Crippen MR) is 107 cm³/mol. The first-order valence-corrected chi connectivity index (χ1v) is 9.62. The van der Waals surface area contributed by atoms with Crippen molar-refractivity contribution < 1.29 is 27.5 Å². The van der Waals surface area contributed by atoms with Crippen molar-refractivity contribution in [1.82, 2.24) is 0 Å². The molecule has 4 N–H and O–H groups in total. The van der Waals surface area contributed by atoms with E-state index in [0.29, 0.717) is 5.69 Å². The predicted octanol–water partition coefficient (Wildman–Crippen LogP) is 1.72. The van der Waals surface area contributed by atoms with Crippen LogP contribution in [0.5, 0.6) is 0 Å². The van der Waals surface area contributed by atoms with Crippen LogP contribution in [0.4, 0.5) is 11.4 Å². The van der Waals surface area contributed by atoms with Crippen LogP contribution in [-0.2, 0) is 19.5 Å². The van der Waals surface area contributed by atoms with Gasteiger partial charge in [0.1, 0.15) is 0 Å². The molecule has 0 atom stereocenters. The summed E-state index contributed by atoms with van der Waals surface area (Å²) in [7, 11) is -1.34. The second-order valence-corrected chi connectivity index (χ2v) is 7.36. The maximum absolute atomic E-state index is 11.9. The number of anilines is 2. The molecule has 2 aromatic carbocycles. The van der Waals surface area contributed by atoms with E-state index in [4.69, 9.17) is 22.1 Å². The molecule has 0 spiro atoms. The van der Waals surface area contributed by atoms with Crippen LogP contribution < -0.4 is 15.8 Å².